The van der Waals surface area contributed by atoms with E-state index in [9.17, 15) is 4.39 Å². The van der Waals surface area contributed by atoms with E-state index in [0.29, 0.717) is 11.5 Å². The van der Waals surface area contributed by atoms with Crippen LogP contribution >= 0.6 is 15.9 Å². The van der Waals surface area contributed by atoms with Gasteiger partial charge in [0.15, 0.2) is 17.6 Å². The quantitative estimate of drug-likeness (QED) is 0.759. The summed E-state index contributed by atoms with van der Waals surface area (Å²) in [6, 6.07) is 5.43. The highest BCUT2D eigenvalue weighted by Gasteiger charge is 2.20. The lowest BCUT2D eigenvalue weighted by Crippen LogP contribution is -2.30. The smallest absolute Gasteiger partial charge is 0.163 e. The molecule has 1 aromatic rings. The molecule has 0 spiro atoms. The van der Waals surface area contributed by atoms with Crippen molar-refractivity contribution in [3.8, 4) is 11.5 Å². The van der Waals surface area contributed by atoms with Gasteiger partial charge in [-0.1, -0.05) is 15.9 Å². The molecule has 0 N–H and O–H groups in total. The van der Waals surface area contributed by atoms with Crippen molar-refractivity contribution in [3.63, 3.8) is 0 Å². The van der Waals surface area contributed by atoms with E-state index in [1.54, 1.807) is 12.1 Å². The highest BCUT2D eigenvalue weighted by atomic mass is 79.9. The van der Waals surface area contributed by atoms with Crippen LogP contribution in [0.25, 0.3) is 0 Å². The van der Waals surface area contributed by atoms with Crippen LogP contribution in [0.15, 0.2) is 22.7 Å². The molecule has 0 bridgehead atoms. The molecule has 70 valence electrons. The van der Waals surface area contributed by atoms with Crippen molar-refractivity contribution >= 4 is 15.9 Å². The molecule has 2 nitrogen and oxygen atoms in total. The fourth-order valence-electron chi connectivity index (χ4n) is 1.17. The zero-order chi connectivity index (χ0) is 9.26. The first kappa shape index (κ1) is 8.81. The van der Waals surface area contributed by atoms with Crippen LogP contribution in [0.1, 0.15) is 0 Å². The SMILES string of the molecule is FCC1COc2ccc(Br)cc2O1. The fraction of sp³-hybridized carbons (Fsp3) is 0.333. The van der Waals surface area contributed by atoms with Gasteiger partial charge in [0.25, 0.3) is 0 Å². The molecule has 0 aliphatic carbocycles. The normalized spacial score (nSPS) is 20.0. The lowest BCUT2D eigenvalue weighted by atomic mass is 10.3. The van der Waals surface area contributed by atoms with Crippen LogP contribution in [0.4, 0.5) is 4.39 Å². The number of fused-ring (bicyclic) bond motifs is 1. The molecule has 1 aliphatic rings. The third-order valence-corrected chi connectivity index (χ3v) is 2.29. The minimum Gasteiger partial charge on any atom is -0.486 e. The average molecular weight is 247 g/mol. The van der Waals surface area contributed by atoms with Gasteiger partial charge in [-0.3, -0.25) is 0 Å². The molecule has 0 saturated heterocycles. The maximum absolute atomic E-state index is 12.3. The number of benzene rings is 1. The van der Waals surface area contributed by atoms with Gasteiger partial charge in [-0.15, -0.1) is 0 Å². The first-order valence-corrected chi connectivity index (χ1v) is 4.74. The summed E-state index contributed by atoms with van der Waals surface area (Å²) in [5.41, 5.74) is 0. The number of rotatable bonds is 1. The molecule has 0 amide bonds. The molecule has 4 heteroatoms. The third-order valence-electron chi connectivity index (χ3n) is 1.80. The Bertz CT molecular complexity index is 316. The van der Waals surface area contributed by atoms with Gasteiger partial charge in [0.2, 0.25) is 0 Å². The Morgan fingerprint density at radius 1 is 1.46 bits per heavy atom. The van der Waals surface area contributed by atoms with Crippen LogP contribution in [0.2, 0.25) is 0 Å². The summed E-state index contributed by atoms with van der Waals surface area (Å²) in [6.45, 7) is -0.239. The van der Waals surface area contributed by atoms with Gasteiger partial charge in [0.1, 0.15) is 13.3 Å². The summed E-state index contributed by atoms with van der Waals surface area (Å²) in [4.78, 5) is 0. The molecule has 1 aliphatic heterocycles. The molecule has 0 fully saturated rings. The van der Waals surface area contributed by atoms with Crippen molar-refractivity contribution in [3.05, 3.63) is 22.7 Å². The maximum atomic E-state index is 12.3. The molecule has 13 heavy (non-hydrogen) atoms. The molecule has 0 radical (unpaired) electrons. The van der Waals surface area contributed by atoms with Gasteiger partial charge in [0.05, 0.1) is 0 Å². The summed E-state index contributed by atoms with van der Waals surface area (Å²) in [6.07, 6.45) is -0.471. The minimum absolute atomic E-state index is 0.283. The number of halogens is 2. The van der Waals surface area contributed by atoms with Crippen molar-refractivity contribution in [2.45, 2.75) is 6.10 Å². The summed E-state index contributed by atoms with van der Waals surface area (Å²) in [5, 5.41) is 0. The lowest BCUT2D eigenvalue weighted by molar-refractivity contribution is 0.0717. The van der Waals surface area contributed by atoms with Crippen LogP contribution < -0.4 is 9.47 Å². The zero-order valence-corrected chi connectivity index (χ0v) is 8.38. The van der Waals surface area contributed by atoms with E-state index in [1.807, 2.05) is 6.07 Å². The van der Waals surface area contributed by atoms with Crippen molar-refractivity contribution in [1.82, 2.24) is 0 Å². The Morgan fingerprint density at radius 3 is 3.08 bits per heavy atom. The van der Waals surface area contributed by atoms with Crippen molar-refractivity contribution < 1.29 is 13.9 Å². The standard InChI is InChI=1S/C9H8BrFO2/c10-6-1-2-8-9(3-6)13-7(4-11)5-12-8/h1-3,7H,4-5H2. The van der Waals surface area contributed by atoms with Crippen LogP contribution in [-0.2, 0) is 0 Å². The van der Waals surface area contributed by atoms with E-state index in [2.05, 4.69) is 15.9 Å². The van der Waals surface area contributed by atoms with Crippen LogP contribution in [0.3, 0.4) is 0 Å². The molecule has 1 heterocycles. The fourth-order valence-corrected chi connectivity index (χ4v) is 1.51. The van der Waals surface area contributed by atoms with E-state index in [4.69, 9.17) is 9.47 Å². The summed E-state index contributed by atoms with van der Waals surface area (Å²) < 4.78 is 23.8. The van der Waals surface area contributed by atoms with Crippen molar-refractivity contribution in [1.29, 1.82) is 0 Å². The van der Waals surface area contributed by atoms with Gasteiger partial charge in [0, 0.05) is 4.47 Å². The van der Waals surface area contributed by atoms with Crippen molar-refractivity contribution in [2.75, 3.05) is 13.3 Å². The largest absolute Gasteiger partial charge is 0.486 e. The van der Waals surface area contributed by atoms with E-state index < -0.39 is 12.8 Å². The van der Waals surface area contributed by atoms with Crippen LogP contribution in [0, 0.1) is 0 Å². The molecule has 2 rings (SSSR count). The van der Waals surface area contributed by atoms with Crippen LogP contribution in [0.5, 0.6) is 11.5 Å². The molecule has 1 aromatic carbocycles. The summed E-state index contributed by atoms with van der Waals surface area (Å²) in [7, 11) is 0. The molecule has 1 atom stereocenters. The molecular weight excluding hydrogens is 239 g/mol. The topological polar surface area (TPSA) is 18.5 Å². The van der Waals surface area contributed by atoms with Gasteiger partial charge >= 0.3 is 0 Å². The van der Waals surface area contributed by atoms with E-state index in [1.165, 1.54) is 0 Å². The first-order valence-electron chi connectivity index (χ1n) is 3.94. The molecule has 0 aromatic heterocycles. The number of ether oxygens (including phenoxy) is 2. The average Bonchev–Trinajstić information content (AvgIpc) is 2.16. The second kappa shape index (κ2) is 3.54. The second-order valence-electron chi connectivity index (χ2n) is 2.80. The zero-order valence-electron chi connectivity index (χ0n) is 6.80. The second-order valence-corrected chi connectivity index (χ2v) is 3.71. The van der Waals surface area contributed by atoms with E-state index in [0.717, 1.165) is 4.47 Å². The number of hydrogen-bond acceptors (Lipinski definition) is 2. The molecule has 0 saturated carbocycles. The van der Waals surface area contributed by atoms with Gasteiger partial charge in [-0.2, -0.15) is 0 Å². The number of alkyl halides is 1. The highest BCUT2D eigenvalue weighted by molar-refractivity contribution is 9.10. The predicted molar refractivity (Wildman–Crippen MR) is 50.0 cm³/mol. The highest BCUT2D eigenvalue weighted by Crippen LogP contribution is 2.34. The maximum Gasteiger partial charge on any atom is 0.163 e. The monoisotopic (exact) mass is 246 g/mol. The van der Waals surface area contributed by atoms with Crippen LogP contribution in [-0.4, -0.2) is 19.4 Å². The Balaban J connectivity index is 2.27. The predicted octanol–water partition coefficient (Wildman–Crippen LogP) is 2.56. The Labute approximate surface area is 83.8 Å². The first-order chi connectivity index (χ1) is 6.29. The summed E-state index contributed by atoms with van der Waals surface area (Å²) in [5.74, 6) is 1.27. The molecular formula is C9H8BrFO2. The van der Waals surface area contributed by atoms with E-state index >= 15 is 0 Å². The minimum atomic E-state index is -0.522. The van der Waals surface area contributed by atoms with Gasteiger partial charge < -0.3 is 9.47 Å². The third kappa shape index (κ3) is 1.77. The lowest BCUT2D eigenvalue weighted by Gasteiger charge is -2.24. The Hall–Kier alpha value is -0.770. The van der Waals surface area contributed by atoms with Crippen molar-refractivity contribution in [2.24, 2.45) is 0 Å². The van der Waals surface area contributed by atoms with E-state index in [-0.39, 0.29) is 6.61 Å². The Morgan fingerprint density at radius 2 is 2.31 bits per heavy atom. The van der Waals surface area contributed by atoms with Gasteiger partial charge in [-0.25, -0.2) is 4.39 Å². The number of hydrogen-bond donors (Lipinski definition) is 0. The van der Waals surface area contributed by atoms with Gasteiger partial charge in [-0.05, 0) is 18.2 Å². The Kier molecular flexibility index (Phi) is 2.40. The molecule has 1 unspecified atom stereocenters. The summed E-state index contributed by atoms with van der Waals surface area (Å²) >= 11 is 3.30.